The molecule has 1 N–H and O–H groups in total. The Labute approximate surface area is 173 Å². The Morgan fingerprint density at radius 3 is 2.50 bits per heavy atom. The summed E-state index contributed by atoms with van der Waals surface area (Å²) in [6.07, 6.45) is 1.91. The lowest BCUT2D eigenvalue weighted by molar-refractivity contribution is -0.145. The second-order valence-corrected chi connectivity index (χ2v) is 7.77. The third kappa shape index (κ3) is 4.61. The van der Waals surface area contributed by atoms with Gasteiger partial charge in [-0.1, -0.05) is 66.4 Å². The van der Waals surface area contributed by atoms with Gasteiger partial charge in [0.05, 0.1) is 11.5 Å². The average Bonchev–Trinajstić information content (AvgIpc) is 2.95. The molecule has 0 spiro atoms. The second kappa shape index (κ2) is 9.03. The van der Waals surface area contributed by atoms with Gasteiger partial charge in [0, 0.05) is 6.42 Å². The van der Waals surface area contributed by atoms with Gasteiger partial charge in [0.15, 0.2) is 0 Å². The predicted molar refractivity (Wildman–Crippen MR) is 114 cm³/mol. The molecule has 1 atom stereocenters. The van der Waals surface area contributed by atoms with E-state index in [-0.39, 0.29) is 16.6 Å². The minimum atomic E-state index is -1.08. The van der Waals surface area contributed by atoms with E-state index in [2.05, 4.69) is 0 Å². The van der Waals surface area contributed by atoms with E-state index in [0.717, 1.165) is 28.6 Å². The van der Waals surface area contributed by atoms with Crippen LogP contribution in [0.1, 0.15) is 18.1 Å². The van der Waals surface area contributed by atoms with Gasteiger partial charge in [0.1, 0.15) is 16.1 Å². The summed E-state index contributed by atoms with van der Waals surface area (Å²) >= 11 is 6.44. The molecule has 0 bridgehead atoms. The molecule has 1 saturated heterocycles. The fraction of sp³-hybridized carbons (Fsp3) is 0.190. The fourth-order valence-electron chi connectivity index (χ4n) is 2.85. The van der Waals surface area contributed by atoms with Gasteiger partial charge < -0.3 is 9.84 Å². The van der Waals surface area contributed by atoms with Crippen molar-refractivity contribution < 1.29 is 19.4 Å². The van der Waals surface area contributed by atoms with Crippen molar-refractivity contribution in [3.8, 4) is 5.75 Å². The number of carboxylic acid groups (broad SMARTS) is 1. The van der Waals surface area contributed by atoms with Crippen LogP contribution in [0.5, 0.6) is 5.75 Å². The zero-order valence-electron chi connectivity index (χ0n) is 15.2. The van der Waals surface area contributed by atoms with Crippen LogP contribution in [0.2, 0.25) is 0 Å². The number of thiocarbonyl (C=S) groups is 1. The van der Waals surface area contributed by atoms with Gasteiger partial charge in [-0.2, -0.15) is 0 Å². The monoisotopic (exact) mass is 413 g/mol. The molecule has 1 aliphatic heterocycles. The number of ether oxygens (including phenoxy) is 1. The molecule has 2 aromatic carbocycles. The van der Waals surface area contributed by atoms with Crippen molar-refractivity contribution in [2.24, 2.45) is 0 Å². The van der Waals surface area contributed by atoms with Crippen LogP contribution in [-0.2, 0) is 16.0 Å². The lowest BCUT2D eigenvalue weighted by Gasteiger charge is -2.23. The molecule has 1 aliphatic rings. The molecule has 0 radical (unpaired) electrons. The Balaban J connectivity index is 1.82. The third-order valence-corrected chi connectivity index (χ3v) is 5.51. The molecular formula is C21H19NO4S2. The second-order valence-electron chi connectivity index (χ2n) is 6.10. The molecule has 0 aromatic heterocycles. The molecule has 1 heterocycles. The lowest BCUT2D eigenvalue weighted by Crippen LogP contribution is -2.45. The molecule has 28 heavy (non-hydrogen) atoms. The standard InChI is InChI=1S/C21H19NO4S2/c1-2-26-16-10-8-15(9-11-16)13-18-19(23)22(21(27)28-18)17(20(24)25)12-14-6-4-3-5-7-14/h3-11,13,17H,2,12H2,1H3,(H,24,25)/b18-13-. The number of carboxylic acids is 1. The summed E-state index contributed by atoms with van der Waals surface area (Å²) in [4.78, 5) is 26.4. The van der Waals surface area contributed by atoms with Gasteiger partial charge in [0.25, 0.3) is 5.91 Å². The van der Waals surface area contributed by atoms with Crippen LogP contribution in [0.15, 0.2) is 59.5 Å². The SMILES string of the molecule is CCOc1ccc(/C=C2\SC(=S)N(C(Cc3ccccc3)C(=O)O)C2=O)cc1. The average molecular weight is 414 g/mol. The van der Waals surface area contributed by atoms with Crippen molar-refractivity contribution in [2.45, 2.75) is 19.4 Å². The molecule has 7 heteroatoms. The Kier molecular flexibility index (Phi) is 6.49. The highest BCUT2D eigenvalue weighted by Gasteiger charge is 2.40. The molecule has 5 nitrogen and oxygen atoms in total. The Hall–Kier alpha value is -2.64. The van der Waals surface area contributed by atoms with E-state index in [1.54, 1.807) is 6.08 Å². The van der Waals surface area contributed by atoms with Crippen molar-refractivity contribution in [1.82, 2.24) is 4.90 Å². The minimum absolute atomic E-state index is 0.193. The van der Waals surface area contributed by atoms with Crippen LogP contribution < -0.4 is 4.74 Å². The summed E-state index contributed by atoms with van der Waals surface area (Å²) in [5.41, 5.74) is 1.65. The molecule has 0 aliphatic carbocycles. The first kappa shape index (κ1) is 20.1. The highest BCUT2D eigenvalue weighted by Crippen LogP contribution is 2.35. The van der Waals surface area contributed by atoms with Crippen LogP contribution in [0.4, 0.5) is 0 Å². The first-order chi connectivity index (χ1) is 13.5. The summed E-state index contributed by atoms with van der Waals surface area (Å²) in [6, 6.07) is 15.5. The van der Waals surface area contributed by atoms with Gasteiger partial charge in [-0.05, 0) is 36.3 Å². The number of rotatable bonds is 7. The highest BCUT2D eigenvalue weighted by atomic mass is 32.2. The minimum Gasteiger partial charge on any atom is -0.494 e. The number of nitrogens with zero attached hydrogens (tertiary/aromatic N) is 1. The molecule has 144 valence electrons. The van der Waals surface area contributed by atoms with E-state index in [4.69, 9.17) is 17.0 Å². The first-order valence-corrected chi connectivity index (χ1v) is 9.98. The predicted octanol–water partition coefficient (Wildman–Crippen LogP) is 3.98. The lowest BCUT2D eigenvalue weighted by atomic mass is 10.0. The van der Waals surface area contributed by atoms with E-state index in [1.165, 1.54) is 4.90 Å². The molecule has 0 saturated carbocycles. The summed E-state index contributed by atoms with van der Waals surface area (Å²) < 4.78 is 5.67. The zero-order chi connectivity index (χ0) is 20.1. The quantitative estimate of drug-likeness (QED) is 0.547. The van der Waals surface area contributed by atoms with Crippen LogP contribution in [-0.4, -0.2) is 38.9 Å². The molecule has 1 fully saturated rings. The smallest absolute Gasteiger partial charge is 0.327 e. The first-order valence-electron chi connectivity index (χ1n) is 8.76. The van der Waals surface area contributed by atoms with E-state index in [1.807, 2.05) is 61.5 Å². The van der Waals surface area contributed by atoms with E-state index in [9.17, 15) is 14.7 Å². The maximum Gasteiger partial charge on any atom is 0.327 e. The van der Waals surface area contributed by atoms with Crippen LogP contribution in [0.3, 0.4) is 0 Å². The number of thioether (sulfide) groups is 1. The largest absolute Gasteiger partial charge is 0.494 e. The summed E-state index contributed by atoms with van der Waals surface area (Å²) in [5, 5.41) is 9.69. The van der Waals surface area contributed by atoms with Gasteiger partial charge in [-0.25, -0.2) is 4.79 Å². The number of benzene rings is 2. The Morgan fingerprint density at radius 2 is 1.89 bits per heavy atom. The van der Waals surface area contributed by atoms with Crippen LogP contribution >= 0.6 is 24.0 Å². The third-order valence-electron chi connectivity index (χ3n) is 4.18. The topological polar surface area (TPSA) is 66.8 Å². The van der Waals surface area contributed by atoms with E-state index < -0.39 is 12.0 Å². The van der Waals surface area contributed by atoms with Crippen molar-refractivity contribution in [1.29, 1.82) is 0 Å². The highest BCUT2D eigenvalue weighted by molar-refractivity contribution is 8.26. The molecule has 3 rings (SSSR count). The van der Waals surface area contributed by atoms with Crippen LogP contribution in [0.25, 0.3) is 6.08 Å². The fourth-order valence-corrected chi connectivity index (χ4v) is 4.21. The number of carbonyl (C=O) groups excluding carboxylic acids is 1. The van der Waals surface area contributed by atoms with Crippen molar-refractivity contribution >= 4 is 46.3 Å². The van der Waals surface area contributed by atoms with Gasteiger partial charge in [-0.15, -0.1) is 0 Å². The summed E-state index contributed by atoms with van der Waals surface area (Å²) in [7, 11) is 0. The number of hydrogen-bond donors (Lipinski definition) is 1. The van der Waals surface area contributed by atoms with Gasteiger partial charge in [-0.3, -0.25) is 9.69 Å². The van der Waals surface area contributed by atoms with E-state index in [0.29, 0.717) is 11.5 Å². The van der Waals surface area contributed by atoms with Gasteiger partial charge >= 0.3 is 5.97 Å². The van der Waals surface area contributed by atoms with Crippen molar-refractivity contribution in [3.63, 3.8) is 0 Å². The zero-order valence-corrected chi connectivity index (χ0v) is 16.8. The number of amides is 1. The van der Waals surface area contributed by atoms with E-state index >= 15 is 0 Å². The molecule has 1 amide bonds. The maximum absolute atomic E-state index is 12.9. The summed E-state index contributed by atoms with van der Waals surface area (Å²) in [5.74, 6) is -0.712. The summed E-state index contributed by atoms with van der Waals surface area (Å²) in [6.45, 7) is 2.49. The normalized spacial score (nSPS) is 16.5. The Morgan fingerprint density at radius 1 is 1.21 bits per heavy atom. The van der Waals surface area contributed by atoms with Crippen molar-refractivity contribution in [2.75, 3.05) is 6.61 Å². The number of hydrogen-bond acceptors (Lipinski definition) is 5. The Bertz CT molecular complexity index is 910. The molecule has 2 aromatic rings. The molecule has 1 unspecified atom stereocenters. The van der Waals surface area contributed by atoms with Gasteiger partial charge in [0.2, 0.25) is 0 Å². The van der Waals surface area contributed by atoms with Crippen LogP contribution in [0, 0.1) is 0 Å². The maximum atomic E-state index is 12.9. The number of carbonyl (C=O) groups is 2. The molecular weight excluding hydrogens is 394 g/mol. The number of aliphatic carboxylic acids is 1. The van der Waals surface area contributed by atoms with Crippen molar-refractivity contribution in [3.05, 3.63) is 70.6 Å².